The van der Waals surface area contributed by atoms with Crippen LogP contribution in [0, 0.1) is 12.8 Å². The molecule has 1 aliphatic carbocycles. The van der Waals surface area contributed by atoms with Crippen LogP contribution in [-0.2, 0) is 11.2 Å². The fourth-order valence-corrected chi connectivity index (χ4v) is 3.50. The zero-order valence-corrected chi connectivity index (χ0v) is 28.5. The van der Waals surface area contributed by atoms with Gasteiger partial charge in [0, 0.05) is 24.5 Å². The van der Waals surface area contributed by atoms with Gasteiger partial charge >= 0.3 is 12.6 Å². The highest BCUT2D eigenvalue weighted by molar-refractivity contribution is 6.31. The maximum absolute atomic E-state index is 11.5. The number of alkyl halides is 3. The number of hydrogen-bond donors (Lipinski definition) is 4. The number of nitrogen functional groups attached to an aromatic ring is 1. The Balaban J connectivity index is -0.000000239. The number of aliphatic carboxylic acids is 1. The van der Waals surface area contributed by atoms with Gasteiger partial charge in [-0.1, -0.05) is 84.4 Å². The van der Waals surface area contributed by atoms with Crippen molar-refractivity contribution < 1.29 is 27.9 Å². The summed E-state index contributed by atoms with van der Waals surface area (Å²) in [5, 5.41) is 11.5. The molecule has 43 heavy (non-hydrogen) atoms. The van der Waals surface area contributed by atoms with Gasteiger partial charge in [0.15, 0.2) is 0 Å². The van der Waals surface area contributed by atoms with Gasteiger partial charge < -0.3 is 21.9 Å². The molecule has 2 rings (SSSR count). The lowest BCUT2D eigenvalue weighted by Gasteiger charge is -2.11. The molecule has 0 radical (unpaired) electrons. The third-order valence-electron chi connectivity index (χ3n) is 5.42. The van der Waals surface area contributed by atoms with Crippen LogP contribution >= 0.6 is 11.6 Å². The fourth-order valence-electron chi connectivity index (χ4n) is 3.39. The highest BCUT2D eigenvalue weighted by atomic mass is 35.5. The molecule has 1 aromatic rings. The van der Waals surface area contributed by atoms with Gasteiger partial charge in [0.25, 0.3) is 5.91 Å². The number of nitrogens with two attached hydrogens (primary N) is 2. The number of halogens is 4. The van der Waals surface area contributed by atoms with Gasteiger partial charge in [-0.25, -0.2) is 4.79 Å². The Kier molecular flexibility index (Phi) is 31.4. The average Bonchev–Trinajstić information content (AvgIpc) is 2.98. The number of carbonyl (C=O) groups is 2. The molecule has 248 valence electrons. The normalized spacial score (nSPS) is 12.1. The summed E-state index contributed by atoms with van der Waals surface area (Å²) in [7, 11) is 1.61. The van der Waals surface area contributed by atoms with Gasteiger partial charge in [-0.2, -0.15) is 13.2 Å². The number of nitrogens with one attached hydrogen (secondary N) is 1. The Morgan fingerprint density at radius 3 is 1.95 bits per heavy atom. The summed E-state index contributed by atoms with van der Waals surface area (Å²) in [6, 6.07) is 3.83. The van der Waals surface area contributed by atoms with Crippen molar-refractivity contribution in [1.82, 2.24) is 5.32 Å². The number of carboxylic acid groups (broad SMARTS) is 1. The molecule has 6 nitrogen and oxygen atoms in total. The van der Waals surface area contributed by atoms with Crippen LogP contribution in [0.2, 0.25) is 0 Å². The number of hydrogen-bond acceptors (Lipinski definition) is 4. The molecular weight excluding hydrogens is 579 g/mol. The molecule has 6 N–H and O–H groups in total. The number of carboxylic acids is 1. The van der Waals surface area contributed by atoms with Crippen LogP contribution in [0.3, 0.4) is 0 Å². The first-order valence-corrected chi connectivity index (χ1v) is 14.9. The van der Waals surface area contributed by atoms with E-state index in [4.69, 9.17) is 28.2 Å². The standard InChI is InChI=1S/C11H16N2O.C9H14.C8H12ClNO2.2C2H6.CHF3/c1-4-8-5-7(2)6-9(10(8)12)11(14)13-3;1-8(2)9-6-4-3-5-7-9;1-5(2)7(8(11)12)3-6(9)4-10;2*1-2;2-1(3)4/h5-6H,4,12H2,1-3H3,(H,13,14);6H,1,3-5,7H2,2H3;3-5H,10H2,1-2H3,(H,11,12);2*1-2H3;1H/b;;6-4+,7-3+;;;. The smallest absolute Gasteiger partial charge is 0.379 e. The maximum Gasteiger partial charge on any atom is 0.379 e. The molecule has 1 aliphatic rings. The molecule has 10 heteroatoms. The van der Waals surface area contributed by atoms with Crippen LogP contribution < -0.4 is 16.8 Å². The number of amides is 1. The summed E-state index contributed by atoms with van der Waals surface area (Å²) in [5.74, 6) is -1.16. The number of aryl methyl sites for hydroxylation is 2. The van der Waals surface area contributed by atoms with Crippen LogP contribution in [0.1, 0.15) is 103 Å². The maximum atomic E-state index is 11.5. The Morgan fingerprint density at radius 1 is 1.14 bits per heavy atom. The summed E-state index contributed by atoms with van der Waals surface area (Å²) < 4.78 is 29.0. The van der Waals surface area contributed by atoms with E-state index in [-0.39, 0.29) is 22.4 Å². The zero-order valence-electron chi connectivity index (χ0n) is 27.7. The molecule has 0 saturated carbocycles. The van der Waals surface area contributed by atoms with Crippen molar-refractivity contribution in [2.45, 2.75) is 101 Å². The van der Waals surface area contributed by atoms with E-state index in [9.17, 15) is 22.8 Å². The minimum atomic E-state index is -3.67. The number of anilines is 1. The summed E-state index contributed by atoms with van der Waals surface area (Å²) >= 11 is 5.54. The fraction of sp³-hybridized carbons (Fsp3) is 0.515. The van der Waals surface area contributed by atoms with E-state index in [0.29, 0.717) is 11.3 Å². The van der Waals surface area contributed by atoms with E-state index in [1.165, 1.54) is 42.9 Å². The first-order chi connectivity index (χ1) is 20.1. The van der Waals surface area contributed by atoms with E-state index in [2.05, 4.69) is 24.9 Å². The molecule has 0 unspecified atom stereocenters. The van der Waals surface area contributed by atoms with Gasteiger partial charge in [-0.05, 0) is 80.7 Å². The largest absolute Gasteiger partial charge is 0.478 e. The predicted octanol–water partition coefficient (Wildman–Crippen LogP) is 9.49. The molecule has 0 aliphatic heterocycles. The highest BCUT2D eigenvalue weighted by Crippen LogP contribution is 2.22. The van der Waals surface area contributed by atoms with Crippen LogP contribution in [-0.4, -0.2) is 30.7 Å². The molecule has 0 bridgehead atoms. The number of allylic oxidation sites excluding steroid dienone is 5. The minimum absolute atomic E-state index is 0.0730. The Bertz CT molecular complexity index is 1030. The average molecular weight is 634 g/mol. The molecule has 0 saturated heterocycles. The topological polar surface area (TPSA) is 118 Å². The van der Waals surface area contributed by atoms with Crippen molar-refractivity contribution >= 4 is 29.2 Å². The van der Waals surface area contributed by atoms with Gasteiger partial charge in [0.2, 0.25) is 0 Å². The van der Waals surface area contributed by atoms with Crippen molar-refractivity contribution in [2.75, 3.05) is 12.8 Å². The summed E-state index contributed by atoms with van der Waals surface area (Å²) in [6.07, 6.45) is 10.9. The van der Waals surface area contributed by atoms with E-state index >= 15 is 0 Å². The summed E-state index contributed by atoms with van der Waals surface area (Å²) in [4.78, 5) is 22.1. The lowest BCUT2D eigenvalue weighted by Crippen LogP contribution is -2.20. The summed E-state index contributed by atoms with van der Waals surface area (Å²) in [6.45, 7) is 17.9. The Morgan fingerprint density at radius 2 is 1.65 bits per heavy atom. The Labute approximate surface area is 263 Å². The van der Waals surface area contributed by atoms with Gasteiger partial charge in [0.05, 0.1) is 10.6 Å². The van der Waals surface area contributed by atoms with E-state index in [1.54, 1.807) is 20.9 Å². The van der Waals surface area contributed by atoms with Gasteiger partial charge in [-0.3, -0.25) is 4.79 Å². The van der Waals surface area contributed by atoms with E-state index in [0.717, 1.165) is 23.7 Å². The van der Waals surface area contributed by atoms with Gasteiger partial charge in [0.1, 0.15) is 0 Å². The van der Waals surface area contributed by atoms with Crippen LogP contribution in [0.25, 0.3) is 0 Å². The number of rotatable bonds is 6. The molecule has 0 atom stereocenters. The molecule has 0 spiro atoms. The van der Waals surface area contributed by atoms with Crippen LogP contribution in [0.4, 0.5) is 18.9 Å². The van der Waals surface area contributed by atoms with Crippen molar-refractivity contribution in [1.29, 1.82) is 0 Å². The van der Waals surface area contributed by atoms with Crippen molar-refractivity contribution in [3.63, 3.8) is 0 Å². The zero-order chi connectivity index (χ0) is 34.7. The first kappa shape index (κ1) is 46.7. The van der Waals surface area contributed by atoms with Crippen molar-refractivity contribution in [2.24, 2.45) is 11.7 Å². The molecule has 1 amide bonds. The second kappa shape index (κ2) is 28.9. The molecule has 1 aromatic carbocycles. The lowest BCUT2D eigenvalue weighted by atomic mass is 9.95. The van der Waals surface area contributed by atoms with Crippen LogP contribution in [0.15, 0.2) is 58.8 Å². The number of carbonyl (C=O) groups excluding carboxylic acids is 1. The predicted molar refractivity (Wildman–Crippen MR) is 178 cm³/mol. The minimum Gasteiger partial charge on any atom is -0.478 e. The SMILES string of the molecule is C=C(C)C1=CCCCC1.CC.CC.CC(C)/C(=C\C(Cl)=C/N)C(=O)O.CCc1cc(C)cc(C(=O)NC)c1N.FC(F)F. The molecule has 0 aromatic heterocycles. The van der Waals surface area contributed by atoms with E-state index < -0.39 is 12.6 Å². The third kappa shape index (κ3) is 24.0. The quantitative estimate of drug-likeness (QED) is 0.141. The molecule has 0 heterocycles. The first-order valence-electron chi connectivity index (χ1n) is 14.5. The Hall–Kier alpha value is -3.20. The monoisotopic (exact) mass is 633 g/mol. The van der Waals surface area contributed by atoms with Crippen LogP contribution in [0.5, 0.6) is 0 Å². The number of benzene rings is 1. The molecule has 0 fully saturated rings. The lowest BCUT2D eigenvalue weighted by molar-refractivity contribution is -0.133. The summed E-state index contributed by atoms with van der Waals surface area (Å²) in [5.41, 5.74) is 17.2. The second-order valence-corrected chi connectivity index (χ2v) is 9.37. The molecular formula is C33H55ClF3N3O3. The third-order valence-corrected chi connectivity index (χ3v) is 5.66. The highest BCUT2D eigenvalue weighted by Gasteiger charge is 2.12. The van der Waals surface area contributed by atoms with E-state index in [1.807, 2.05) is 53.7 Å². The second-order valence-electron chi connectivity index (χ2n) is 8.93. The van der Waals surface area contributed by atoms with Gasteiger partial charge in [-0.15, -0.1) is 0 Å². The van der Waals surface area contributed by atoms with Crippen molar-refractivity contribution in [3.8, 4) is 0 Å². The van der Waals surface area contributed by atoms with Crippen molar-refractivity contribution in [3.05, 3.63) is 75.5 Å².